The Bertz CT molecular complexity index is 463. The lowest BCUT2D eigenvalue weighted by Gasteiger charge is -2.15. The molecule has 0 fully saturated rings. The van der Waals surface area contributed by atoms with Crippen molar-refractivity contribution < 1.29 is 14.7 Å². The van der Waals surface area contributed by atoms with Crippen molar-refractivity contribution >= 4 is 18.0 Å². The van der Waals surface area contributed by atoms with E-state index in [-0.39, 0.29) is 12.5 Å². The average Bonchev–Trinajstić information content (AvgIpc) is 2.42. The molecular formula is C15H19NO3. The Hall–Kier alpha value is -2.10. The normalized spacial score (nSPS) is 10.6. The molecule has 0 unspecified atom stereocenters. The predicted octanol–water partition coefficient (Wildman–Crippen LogP) is 2.20. The molecule has 4 heteroatoms. The maximum atomic E-state index is 11.8. The van der Waals surface area contributed by atoms with Gasteiger partial charge in [0.05, 0.1) is 0 Å². The fourth-order valence-electron chi connectivity index (χ4n) is 1.65. The van der Waals surface area contributed by atoms with Crippen molar-refractivity contribution in [1.29, 1.82) is 0 Å². The molecule has 1 N–H and O–H groups in total. The fourth-order valence-corrected chi connectivity index (χ4v) is 1.65. The van der Waals surface area contributed by atoms with Gasteiger partial charge in [0.2, 0.25) is 5.91 Å². The quantitative estimate of drug-likeness (QED) is 0.799. The first kappa shape index (κ1) is 15.0. The van der Waals surface area contributed by atoms with Crippen molar-refractivity contribution in [2.24, 2.45) is 0 Å². The van der Waals surface area contributed by atoms with Gasteiger partial charge in [0, 0.05) is 12.6 Å². The van der Waals surface area contributed by atoms with Crippen molar-refractivity contribution in [3.63, 3.8) is 0 Å². The number of amides is 1. The Morgan fingerprint density at radius 1 is 1.21 bits per heavy atom. The number of benzene rings is 1. The number of aryl methyl sites for hydroxylation is 1. The smallest absolute Gasteiger partial charge is 0.323 e. The van der Waals surface area contributed by atoms with Gasteiger partial charge in [0.15, 0.2) is 0 Å². The van der Waals surface area contributed by atoms with E-state index in [1.165, 1.54) is 16.5 Å². The zero-order chi connectivity index (χ0) is 14.3. The second kappa shape index (κ2) is 7.36. The largest absolute Gasteiger partial charge is 0.480 e. The molecule has 0 bridgehead atoms. The van der Waals surface area contributed by atoms with Gasteiger partial charge in [-0.1, -0.05) is 31.2 Å². The topological polar surface area (TPSA) is 57.6 Å². The van der Waals surface area contributed by atoms with Crippen molar-refractivity contribution in [2.45, 2.75) is 20.3 Å². The van der Waals surface area contributed by atoms with Gasteiger partial charge in [0.25, 0.3) is 0 Å². The first-order chi connectivity index (χ1) is 9.06. The molecule has 4 nitrogen and oxygen atoms in total. The Kier molecular flexibility index (Phi) is 5.79. The Morgan fingerprint density at radius 3 is 2.32 bits per heavy atom. The van der Waals surface area contributed by atoms with Crippen LogP contribution in [0.2, 0.25) is 0 Å². The predicted molar refractivity (Wildman–Crippen MR) is 74.7 cm³/mol. The number of hydrogen-bond acceptors (Lipinski definition) is 2. The van der Waals surface area contributed by atoms with Crippen molar-refractivity contribution in [3.05, 3.63) is 41.5 Å². The molecule has 0 radical (unpaired) electrons. The molecule has 1 aromatic rings. The van der Waals surface area contributed by atoms with Gasteiger partial charge in [-0.3, -0.25) is 9.59 Å². The second-order valence-electron chi connectivity index (χ2n) is 4.17. The highest BCUT2D eigenvalue weighted by atomic mass is 16.4. The second-order valence-corrected chi connectivity index (χ2v) is 4.17. The summed E-state index contributed by atoms with van der Waals surface area (Å²) < 4.78 is 0. The molecule has 0 saturated carbocycles. The third-order valence-electron chi connectivity index (χ3n) is 2.83. The van der Waals surface area contributed by atoms with E-state index >= 15 is 0 Å². The molecule has 19 heavy (non-hydrogen) atoms. The Morgan fingerprint density at radius 2 is 1.84 bits per heavy atom. The van der Waals surface area contributed by atoms with Crippen LogP contribution in [-0.4, -0.2) is 35.0 Å². The number of likely N-dealkylation sites (N-methyl/N-ethyl adjacent to an activating group) is 1. The number of carbonyl (C=O) groups excluding carboxylic acids is 1. The van der Waals surface area contributed by atoms with E-state index in [9.17, 15) is 9.59 Å². The van der Waals surface area contributed by atoms with Crippen LogP contribution in [0.3, 0.4) is 0 Å². The molecule has 1 amide bonds. The minimum absolute atomic E-state index is 0.269. The van der Waals surface area contributed by atoms with Crippen molar-refractivity contribution in [2.75, 3.05) is 13.1 Å². The summed E-state index contributed by atoms with van der Waals surface area (Å²) in [4.78, 5) is 23.7. The lowest BCUT2D eigenvalue weighted by molar-refractivity contribution is -0.142. The minimum Gasteiger partial charge on any atom is -0.480 e. The molecule has 0 spiro atoms. The molecule has 0 atom stereocenters. The average molecular weight is 261 g/mol. The van der Waals surface area contributed by atoms with Crippen LogP contribution in [0.5, 0.6) is 0 Å². The highest BCUT2D eigenvalue weighted by Crippen LogP contribution is 2.07. The zero-order valence-corrected chi connectivity index (χ0v) is 11.3. The van der Waals surface area contributed by atoms with Gasteiger partial charge in [-0.15, -0.1) is 0 Å². The van der Waals surface area contributed by atoms with E-state index in [2.05, 4.69) is 6.92 Å². The van der Waals surface area contributed by atoms with E-state index in [4.69, 9.17) is 5.11 Å². The van der Waals surface area contributed by atoms with Crippen molar-refractivity contribution in [3.8, 4) is 0 Å². The van der Waals surface area contributed by atoms with Crippen molar-refractivity contribution in [1.82, 2.24) is 4.90 Å². The minimum atomic E-state index is -1.00. The molecular weight excluding hydrogens is 242 g/mol. The van der Waals surface area contributed by atoms with E-state index in [1.54, 1.807) is 13.0 Å². The monoisotopic (exact) mass is 261 g/mol. The molecule has 0 saturated heterocycles. The summed E-state index contributed by atoms with van der Waals surface area (Å²) in [5.41, 5.74) is 2.17. The molecule has 1 aromatic carbocycles. The number of carboxylic acid groups (broad SMARTS) is 1. The molecule has 0 aliphatic rings. The molecule has 0 aromatic heterocycles. The highest BCUT2D eigenvalue weighted by molar-refractivity contribution is 5.93. The molecule has 0 aliphatic heterocycles. The SMILES string of the molecule is CCc1ccc(/C=C/C(=O)N(CC)CC(=O)O)cc1. The number of rotatable bonds is 6. The summed E-state index contributed by atoms with van der Waals surface area (Å²) in [6.45, 7) is 3.95. The summed E-state index contributed by atoms with van der Waals surface area (Å²) >= 11 is 0. The van der Waals surface area contributed by atoms with Gasteiger partial charge >= 0.3 is 5.97 Å². The van der Waals surface area contributed by atoms with Gasteiger partial charge in [0.1, 0.15) is 6.54 Å². The summed E-state index contributed by atoms with van der Waals surface area (Å²) in [6, 6.07) is 7.91. The van der Waals surface area contributed by atoms with E-state index in [0.717, 1.165) is 12.0 Å². The molecule has 1 rings (SSSR count). The summed E-state index contributed by atoms with van der Waals surface area (Å²) in [6.07, 6.45) is 4.09. The lowest BCUT2D eigenvalue weighted by atomic mass is 10.1. The number of hydrogen-bond donors (Lipinski definition) is 1. The maximum Gasteiger partial charge on any atom is 0.323 e. The maximum absolute atomic E-state index is 11.8. The van der Waals surface area contributed by atoms with Crippen LogP contribution in [-0.2, 0) is 16.0 Å². The van der Waals surface area contributed by atoms with Crippen LogP contribution in [0.4, 0.5) is 0 Å². The Balaban J connectivity index is 2.68. The van der Waals surface area contributed by atoms with Gasteiger partial charge in [-0.05, 0) is 30.5 Å². The zero-order valence-electron chi connectivity index (χ0n) is 11.3. The summed E-state index contributed by atoms with van der Waals surface area (Å²) in [7, 11) is 0. The third-order valence-corrected chi connectivity index (χ3v) is 2.83. The van der Waals surface area contributed by atoms with E-state index < -0.39 is 5.97 Å². The van der Waals surface area contributed by atoms with Crippen LogP contribution in [0.1, 0.15) is 25.0 Å². The van der Waals surface area contributed by atoms with Crippen LogP contribution in [0.15, 0.2) is 30.3 Å². The van der Waals surface area contributed by atoms with Crippen LogP contribution in [0, 0.1) is 0 Å². The fraction of sp³-hybridized carbons (Fsp3) is 0.333. The Labute approximate surface area is 113 Å². The van der Waals surface area contributed by atoms with E-state index in [0.29, 0.717) is 6.54 Å². The van der Waals surface area contributed by atoms with Crippen LogP contribution < -0.4 is 0 Å². The summed E-state index contributed by atoms with van der Waals surface area (Å²) in [5, 5.41) is 8.69. The first-order valence-electron chi connectivity index (χ1n) is 6.34. The number of carbonyl (C=O) groups is 2. The number of nitrogens with zero attached hydrogens (tertiary/aromatic N) is 1. The molecule has 0 heterocycles. The first-order valence-corrected chi connectivity index (χ1v) is 6.34. The summed E-state index contributed by atoms with van der Waals surface area (Å²) in [5.74, 6) is -1.29. The van der Waals surface area contributed by atoms with Crippen LogP contribution >= 0.6 is 0 Å². The van der Waals surface area contributed by atoms with Gasteiger partial charge in [-0.25, -0.2) is 0 Å². The number of aliphatic carboxylic acids is 1. The number of carboxylic acids is 1. The molecule has 0 aliphatic carbocycles. The van der Waals surface area contributed by atoms with Crippen LogP contribution in [0.25, 0.3) is 6.08 Å². The third kappa shape index (κ3) is 4.95. The highest BCUT2D eigenvalue weighted by Gasteiger charge is 2.11. The lowest BCUT2D eigenvalue weighted by Crippen LogP contribution is -2.34. The molecule has 102 valence electrons. The van der Waals surface area contributed by atoms with E-state index in [1.807, 2.05) is 24.3 Å². The van der Waals surface area contributed by atoms with Gasteiger partial charge in [-0.2, -0.15) is 0 Å². The standard InChI is InChI=1S/C15H19NO3/c1-3-12-5-7-13(8-6-12)9-10-14(17)16(4-2)11-15(18)19/h5-10H,3-4,11H2,1-2H3,(H,18,19)/b10-9+. The van der Waals surface area contributed by atoms with Gasteiger partial charge < -0.3 is 10.0 Å².